The van der Waals surface area contributed by atoms with Crippen molar-refractivity contribution in [1.82, 2.24) is 5.32 Å². The van der Waals surface area contributed by atoms with Gasteiger partial charge in [0.05, 0.1) is 6.04 Å². The Morgan fingerprint density at radius 3 is 3.06 bits per heavy atom. The van der Waals surface area contributed by atoms with Gasteiger partial charge in [0, 0.05) is 12.2 Å². The zero-order valence-corrected chi connectivity index (χ0v) is 10.3. The largest absolute Gasteiger partial charge is 0.311 e. The van der Waals surface area contributed by atoms with E-state index in [4.69, 9.17) is 0 Å². The van der Waals surface area contributed by atoms with Crippen molar-refractivity contribution in [3.8, 4) is 0 Å². The molecule has 2 heterocycles. The van der Waals surface area contributed by atoms with E-state index in [1.807, 2.05) is 4.90 Å². The van der Waals surface area contributed by atoms with Crippen LogP contribution in [0.15, 0.2) is 18.2 Å². The first kappa shape index (κ1) is 11.7. The number of hydrogen-bond donors (Lipinski definition) is 1. The fourth-order valence-corrected chi connectivity index (χ4v) is 2.88. The Morgan fingerprint density at radius 1 is 1.39 bits per heavy atom. The second-order valence-electron chi connectivity index (χ2n) is 5.02. The van der Waals surface area contributed by atoms with E-state index in [-0.39, 0.29) is 17.8 Å². The van der Waals surface area contributed by atoms with Gasteiger partial charge in [0.15, 0.2) is 0 Å². The number of fused-ring (bicyclic) bond motifs is 1. The lowest BCUT2D eigenvalue weighted by Gasteiger charge is -2.31. The number of aryl methyl sites for hydroxylation is 1. The average Bonchev–Trinajstić information content (AvgIpc) is 2.90. The Kier molecular flexibility index (Phi) is 3.04. The summed E-state index contributed by atoms with van der Waals surface area (Å²) in [5.41, 5.74) is 1.84. The summed E-state index contributed by atoms with van der Waals surface area (Å²) in [6, 6.07) is 4.67. The number of carbonyl (C=O) groups excluding carboxylic acids is 1. The minimum atomic E-state index is -0.220. The highest BCUT2D eigenvalue weighted by atomic mass is 19.1. The molecule has 0 saturated carbocycles. The number of benzene rings is 1. The summed E-state index contributed by atoms with van der Waals surface area (Å²) in [6.07, 6.45) is 3.73. The van der Waals surface area contributed by atoms with Crippen molar-refractivity contribution in [2.24, 2.45) is 0 Å². The van der Waals surface area contributed by atoms with E-state index < -0.39 is 0 Å². The first-order valence-corrected chi connectivity index (χ1v) is 6.59. The molecular formula is C14H17FN2O. The van der Waals surface area contributed by atoms with Gasteiger partial charge >= 0.3 is 0 Å². The predicted molar refractivity (Wildman–Crippen MR) is 68.1 cm³/mol. The molecule has 0 aromatic heterocycles. The summed E-state index contributed by atoms with van der Waals surface area (Å²) in [6.45, 7) is 1.66. The smallest absolute Gasteiger partial charge is 0.244 e. The third kappa shape index (κ3) is 2.01. The molecule has 0 unspecified atom stereocenters. The van der Waals surface area contributed by atoms with Crippen LogP contribution < -0.4 is 10.2 Å². The molecular weight excluding hydrogens is 231 g/mol. The van der Waals surface area contributed by atoms with Crippen LogP contribution in [0.5, 0.6) is 0 Å². The number of rotatable bonds is 1. The molecule has 1 fully saturated rings. The molecule has 3 nitrogen and oxygen atoms in total. The van der Waals surface area contributed by atoms with Gasteiger partial charge < -0.3 is 10.2 Å². The topological polar surface area (TPSA) is 32.3 Å². The van der Waals surface area contributed by atoms with Crippen LogP contribution in [0.25, 0.3) is 0 Å². The second-order valence-corrected chi connectivity index (χ2v) is 5.02. The molecule has 1 saturated heterocycles. The maximum Gasteiger partial charge on any atom is 0.244 e. The Hall–Kier alpha value is -1.42. The van der Waals surface area contributed by atoms with Crippen LogP contribution >= 0.6 is 0 Å². The molecule has 1 aromatic carbocycles. The number of halogens is 1. The lowest BCUT2D eigenvalue weighted by Crippen LogP contribution is -2.45. The first-order valence-electron chi connectivity index (χ1n) is 6.59. The minimum absolute atomic E-state index is 0.0546. The fourth-order valence-electron chi connectivity index (χ4n) is 2.88. The molecule has 1 atom stereocenters. The van der Waals surface area contributed by atoms with Gasteiger partial charge in [-0.05, 0) is 56.0 Å². The third-order valence-corrected chi connectivity index (χ3v) is 3.78. The van der Waals surface area contributed by atoms with Crippen molar-refractivity contribution in [2.75, 3.05) is 18.0 Å². The standard InChI is InChI=1S/C14H17FN2O/c15-11-5-6-13-10(9-11)3-2-8-17(13)14(18)12-4-1-7-16-12/h5-6,9,12,16H,1-4,7-8H2/t12-/m0/s1. The quantitative estimate of drug-likeness (QED) is 0.822. The van der Waals surface area contributed by atoms with E-state index in [2.05, 4.69) is 5.32 Å². The molecule has 2 aliphatic heterocycles. The lowest BCUT2D eigenvalue weighted by atomic mass is 10.0. The number of hydrogen-bond acceptors (Lipinski definition) is 2. The number of amides is 1. The van der Waals surface area contributed by atoms with Crippen molar-refractivity contribution >= 4 is 11.6 Å². The van der Waals surface area contributed by atoms with E-state index in [0.29, 0.717) is 0 Å². The maximum atomic E-state index is 13.2. The zero-order chi connectivity index (χ0) is 12.5. The van der Waals surface area contributed by atoms with Crippen LogP contribution in [0, 0.1) is 5.82 Å². The lowest BCUT2D eigenvalue weighted by molar-refractivity contribution is -0.120. The summed E-state index contributed by atoms with van der Waals surface area (Å²) in [5.74, 6) is -0.0814. The highest BCUT2D eigenvalue weighted by Gasteiger charge is 2.30. The molecule has 0 aliphatic carbocycles. The molecule has 0 spiro atoms. The van der Waals surface area contributed by atoms with Crippen molar-refractivity contribution < 1.29 is 9.18 Å². The predicted octanol–water partition coefficient (Wildman–Crippen LogP) is 1.86. The molecule has 3 rings (SSSR count). The second kappa shape index (κ2) is 4.69. The van der Waals surface area contributed by atoms with Crippen LogP contribution in [0.2, 0.25) is 0 Å². The van der Waals surface area contributed by atoms with Crippen LogP contribution in [-0.4, -0.2) is 25.0 Å². The summed E-state index contributed by atoms with van der Waals surface area (Å²) >= 11 is 0. The minimum Gasteiger partial charge on any atom is -0.311 e. The van der Waals surface area contributed by atoms with E-state index >= 15 is 0 Å². The molecule has 1 N–H and O–H groups in total. The van der Waals surface area contributed by atoms with Crippen LogP contribution in [0.1, 0.15) is 24.8 Å². The summed E-state index contributed by atoms with van der Waals surface area (Å²) in [7, 11) is 0. The van der Waals surface area contributed by atoms with Gasteiger partial charge in [0.2, 0.25) is 5.91 Å². The van der Waals surface area contributed by atoms with Crippen molar-refractivity contribution in [3.05, 3.63) is 29.6 Å². The number of carbonyl (C=O) groups is 1. The Labute approximate surface area is 106 Å². The van der Waals surface area contributed by atoms with Crippen LogP contribution in [0.4, 0.5) is 10.1 Å². The highest BCUT2D eigenvalue weighted by molar-refractivity contribution is 5.98. The Balaban J connectivity index is 1.88. The van der Waals surface area contributed by atoms with Gasteiger partial charge in [0.25, 0.3) is 0 Å². The summed E-state index contributed by atoms with van der Waals surface area (Å²) in [4.78, 5) is 14.2. The van der Waals surface area contributed by atoms with Gasteiger partial charge in [-0.3, -0.25) is 4.79 Å². The number of anilines is 1. The molecule has 4 heteroatoms. The van der Waals surface area contributed by atoms with Crippen molar-refractivity contribution in [1.29, 1.82) is 0 Å². The molecule has 0 bridgehead atoms. The summed E-state index contributed by atoms with van der Waals surface area (Å²) < 4.78 is 13.2. The fraction of sp³-hybridized carbons (Fsp3) is 0.500. The Bertz CT molecular complexity index is 469. The molecule has 0 radical (unpaired) electrons. The van der Waals surface area contributed by atoms with Crippen LogP contribution in [-0.2, 0) is 11.2 Å². The molecule has 96 valence electrons. The van der Waals surface area contributed by atoms with Gasteiger partial charge in [-0.2, -0.15) is 0 Å². The highest BCUT2D eigenvalue weighted by Crippen LogP contribution is 2.28. The normalized spacial score (nSPS) is 22.9. The molecule has 1 amide bonds. The van der Waals surface area contributed by atoms with E-state index in [1.165, 1.54) is 6.07 Å². The monoisotopic (exact) mass is 248 g/mol. The van der Waals surface area contributed by atoms with E-state index in [9.17, 15) is 9.18 Å². The molecule has 1 aromatic rings. The van der Waals surface area contributed by atoms with E-state index in [0.717, 1.165) is 50.0 Å². The number of nitrogens with one attached hydrogen (secondary N) is 1. The van der Waals surface area contributed by atoms with Gasteiger partial charge in [-0.1, -0.05) is 0 Å². The van der Waals surface area contributed by atoms with E-state index in [1.54, 1.807) is 12.1 Å². The first-order chi connectivity index (χ1) is 8.75. The molecule has 18 heavy (non-hydrogen) atoms. The Morgan fingerprint density at radius 2 is 2.28 bits per heavy atom. The molecule has 2 aliphatic rings. The van der Waals surface area contributed by atoms with Gasteiger partial charge in [-0.15, -0.1) is 0 Å². The zero-order valence-electron chi connectivity index (χ0n) is 10.3. The SMILES string of the molecule is O=C([C@@H]1CCCN1)N1CCCc2cc(F)ccc21. The van der Waals surface area contributed by atoms with Gasteiger partial charge in [-0.25, -0.2) is 4.39 Å². The van der Waals surface area contributed by atoms with Crippen LogP contribution in [0.3, 0.4) is 0 Å². The number of nitrogens with zero attached hydrogens (tertiary/aromatic N) is 1. The van der Waals surface area contributed by atoms with Crippen molar-refractivity contribution in [3.63, 3.8) is 0 Å². The average molecular weight is 248 g/mol. The maximum absolute atomic E-state index is 13.2. The third-order valence-electron chi connectivity index (χ3n) is 3.78. The van der Waals surface area contributed by atoms with Gasteiger partial charge in [0.1, 0.15) is 5.82 Å². The van der Waals surface area contributed by atoms with Crippen molar-refractivity contribution in [2.45, 2.75) is 31.7 Å². The summed E-state index contributed by atoms with van der Waals surface area (Å²) in [5, 5.41) is 3.23.